The number of rotatable bonds is 4. The maximum atomic E-state index is 9.54. The Morgan fingerprint density at radius 3 is 2.50 bits per heavy atom. The minimum atomic E-state index is -0.348. The Labute approximate surface area is 84.2 Å². The number of phenolic OH excluding ortho intramolecular Hbond substituents is 1. The molecular weight excluding hydrogens is 178 g/mol. The first-order valence-corrected chi connectivity index (χ1v) is 4.69. The largest absolute Gasteiger partial charge is 0.508 e. The third-order valence-corrected chi connectivity index (χ3v) is 2.48. The van der Waals surface area contributed by atoms with Crippen molar-refractivity contribution in [2.75, 3.05) is 13.2 Å². The van der Waals surface area contributed by atoms with Crippen molar-refractivity contribution >= 4 is 0 Å². The zero-order valence-corrected chi connectivity index (χ0v) is 8.40. The number of aliphatic hydroxyl groups is 1. The van der Waals surface area contributed by atoms with E-state index in [2.05, 4.69) is 0 Å². The zero-order chi connectivity index (χ0) is 10.6. The van der Waals surface area contributed by atoms with Crippen LogP contribution in [0.5, 0.6) is 5.75 Å². The molecule has 0 aliphatic carbocycles. The number of phenols is 1. The summed E-state index contributed by atoms with van der Waals surface area (Å²) in [4.78, 5) is 0. The second-order valence-corrected chi connectivity index (χ2v) is 3.98. The lowest BCUT2D eigenvalue weighted by Gasteiger charge is -2.25. The molecule has 0 radical (unpaired) electrons. The van der Waals surface area contributed by atoms with Crippen LogP contribution in [0, 0.1) is 5.41 Å². The molecule has 0 aromatic heterocycles. The van der Waals surface area contributed by atoms with E-state index in [1.165, 1.54) is 0 Å². The number of aromatic hydroxyl groups is 1. The first kappa shape index (κ1) is 11.0. The van der Waals surface area contributed by atoms with Gasteiger partial charge < -0.3 is 15.9 Å². The maximum Gasteiger partial charge on any atom is 0.118 e. The summed E-state index contributed by atoms with van der Waals surface area (Å²) in [5.74, 6) is 0.264. The van der Waals surface area contributed by atoms with Crippen molar-refractivity contribution in [3.05, 3.63) is 29.8 Å². The predicted octanol–water partition coefficient (Wildman–Crippen LogP) is 0.892. The van der Waals surface area contributed by atoms with Gasteiger partial charge in [-0.05, 0) is 18.1 Å². The summed E-state index contributed by atoms with van der Waals surface area (Å²) in [5.41, 5.74) is 6.05. The van der Waals surface area contributed by atoms with E-state index in [0.29, 0.717) is 13.0 Å². The maximum absolute atomic E-state index is 9.54. The molecule has 0 fully saturated rings. The van der Waals surface area contributed by atoms with E-state index in [4.69, 9.17) is 5.73 Å². The molecule has 1 atom stereocenters. The summed E-state index contributed by atoms with van der Waals surface area (Å²) in [6, 6.07) is 7.13. The van der Waals surface area contributed by atoms with Gasteiger partial charge in [-0.3, -0.25) is 0 Å². The van der Waals surface area contributed by atoms with Crippen LogP contribution in [0.1, 0.15) is 12.5 Å². The van der Waals surface area contributed by atoms with Crippen LogP contribution in [0.3, 0.4) is 0 Å². The summed E-state index contributed by atoms with van der Waals surface area (Å²) >= 11 is 0. The summed E-state index contributed by atoms with van der Waals surface area (Å²) in [6.45, 7) is 2.33. The summed E-state index contributed by atoms with van der Waals surface area (Å²) in [5, 5.41) is 18.7. The third kappa shape index (κ3) is 2.47. The Morgan fingerprint density at radius 2 is 2.00 bits per heavy atom. The first-order valence-electron chi connectivity index (χ1n) is 4.69. The van der Waals surface area contributed by atoms with Crippen LogP contribution in [0.25, 0.3) is 0 Å². The van der Waals surface area contributed by atoms with Gasteiger partial charge in [0, 0.05) is 18.6 Å². The normalized spacial score (nSPS) is 15.1. The van der Waals surface area contributed by atoms with Crippen molar-refractivity contribution in [1.82, 2.24) is 0 Å². The fourth-order valence-corrected chi connectivity index (χ4v) is 1.31. The van der Waals surface area contributed by atoms with Gasteiger partial charge in [0.05, 0.1) is 0 Å². The molecule has 0 aliphatic heterocycles. The van der Waals surface area contributed by atoms with E-state index in [1.807, 2.05) is 19.1 Å². The fraction of sp³-hybridized carbons (Fsp3) is 0.455. The van der Waals surface area contributed by atoms with Gasteiger partial charge in [0.2, 0.25) is 0 Å². The average Bonchev–Trinajstić information content (AvgIpc) is 2.21. The molecule has 0 bridgehead atoms. The van der Waals surface area contributed by atoms with Crippen LogP contribution in [-0.4, -0.2) is 23.4 Å². The lowest BCUT2D eigenvalue weighted by molar-refractivity contribution is 0.148. The Balaban J connectivity index is 2.82. The van der Waals surface area contributed by atoms with Crippen molar-refractivity contribution in [3.63, 3.8) is 0 Å². The zero-order valence-electron chi connectivity index (χ0n) is 8.40. The molecule has 0 heterocycles. The fourth-order valence-electron chi connectivity index (χ4n) is 1.31. The number of para-hydroxylation sites is 1. The molecule has 1 aromatic carbocycles. The van der Waals surface area contributed by atoms with E-state index >= 15 is 0 Å². The number of aliphatic hydroxyl groups excluding tert-OH is 1. The smallest absolute Gasteiger partial charge is 0.118 e. The highest BCUT2D eigenvalue weighted by molar-refractivity contribution is 5.32. The van der Waals surface area contributed by atoms with E-state index in [9.17, 15) is 10.2 Å². The van der Waals surface area contributed by atoms with E-state index < -0.39 is 0 Å². The van der Waals surface area contributed by atoms with Crippen molar-refractivity contribution in [1.29, 1.82) is 0 Å². The van der Waals surface area contributed by atoms with Crippen LogP contribution in [0.15, 0.2) is 24.3 Å². The lowest BCUT2D eigenvalue weighted by Crippen LogP contribution is -2.33. The first-order chi connectivity index (χ1) is 6.61. The van der Waals surface area contributed by atoms with Crippen LogP contribution < -0.4 is 5.73 Å². The van der Waals surface area contributed by atoms with Crippen molar-refractivity contribution in [2.24, 2.45) is 11.1 Å². The molecule has 0 amide bonds. The van der Waals surface area contributed by atoms with Gasteiger partial charge in [-0.2, -0.15) is 0 Å². The molecule has 0 saturated heterocycles. The third-order valence-electron chi connectivity index (χ3n) is 2.48. The minimum Gasteiger partial charge on any atom is -0.508 e. The van der Waals surface area contributed by atoms with Gasteiger partial charge in [-0.1, -0.05) is 25.1 Å². The highest BCUT2D eigenvalue weighted by Crippen LogP contribution is 2.25. The molecule has 4 N–H and O–H groups in total. The Bertz CT molecular complexity index is 295. The molecule has 0 aliphatic rings. The van der Waals surface area contributed by atoms with E-state index in [-0.39, 0.29) is 17.8 Å². The van der Waals surface area contributed by atoms with E-state index in [0.717, 1.165) is 5.56 Å². The Morgan fingerprint density at radius 1 is 1.36 bits per heavy atom. The molecule has 0 spiro atoms. The van der Waals surface area contributed by atoms with Crippen molar-refractivity contribution in [3.8, 4) is 5.75 Å². The average molecular weight is 195 g/mol. The molecule has 1 rings (SSSR count). The topological polar surface area (TPSA) is 66.5 Å². The molecule has 1 aromatic rings. The van der Waals surface area contributed by atoms with Gasteiger partial charge >= 0.3 is 0 Å². The summed E-state index contributed by atoms with van der Waals surface area (Å²) in [6.07, 6.45) is 0.590. The van der Waals surface area contributed by atoms with Gasteiger partial charge in [0.25, 0.3) is 0 Å². The van der Waals surface area contributed by atoms with Gasteiger partial charge in [-0.25, -0.2) is 0 Å². The van der Waals surface area contributed by atoms with E-state index in [1.54, 1.807) is 12.1 Å². The van der Waals surface area contributed by atoms with Crippen LogP contribution in [-0.2, 0) is 6.42 Å². The predicted molar refractivity (Wildman–Crippen MR) is 56.1 cm³/mol. The molecular formula is C11H17NO2. The molecule has 0 saturated carbocycles. The number of benzene rings is 1. The van der Waals surface area contributed by atoms with Gasteiger partial charge in [0.15, 0.2) is 0 Å². The summed E-state index contributed by atoms with van der Waals surface area (Å²) in [7, 11) is 0. The van der Waals surface area contributed by atoms with Crippen molar-refractivity contribution in [2.45, 2.75) is 13.3 Å². The van der Waals surface area contributed by atoms with Crippen LogP contribution >= 0.6 is 0 Å². The van der Waals surface area contributed by atoms with Crippen molar-refractivity contribution < 1.29 is 10.2 Å². The second-order valence-electron chi connectivity index (χ2n) is 3.98. The highest BCUT2D eigenvalue weighted by atomic mass is 16.3. The number of hydrogen-bond acceptors (Lipinski definition) is 3. The Hall–Kier alpha value is -1.06. The monoisotopic (exact) mass is 195 g/mol. The van der Waals surface area contributed by atoms with Gasteiger partial charge in [-0.15, -0.1) is 0 Å². The Kier molecular flexibility index (Phi) is 3.49. The number of nitrogens with two attached hydrogens (primary N) is 1. The molecule has 78 valence electrons. The molecule has 1 unspecified atom stereocenters. The standard InChI is InChI=1S/C11H17NO2/c1-11(7-12,8-13)6-9-4-2-3-5-10(9)14/h2-5,13-14H,6-8,12H2,1H3. The quantitative estimate of drug-likeness (QED) is 0.668. The molecule has 14 heavy (non-hydrogen) atoms. The summed E-state index contributed by atoms with van der Waals surface area (Å²) < 4.78 is 0. The minimum absolute atomic E-state index is 0.0256. The van der Waals surface area contributed by atoms with Crippen LogP contribution in [0.4, 0.5) is 0 Å². The SMILES string of the molecule is CC(CN)(CO)Cc1ccccc1O. The molecule has 3 heteroatoms. The van der Waals surface area contributed by atoms with Crippen LogP contribution in [0.2, 0.25) is 0 Å². The molecule has 3 nitrogen and oxygen atoms in total. The number of hydrogen-bond donors (Lipinski definition) is 3. The lowest BCUT2D eigenvalue weighted by atomic mass is 9.84. The second kappa shape index (κ2) is 4.44. The van der Waals surface area contributed by atoms with Gasteiger partial charge in [0.1, 0.15) is 5.75 Å². The highest BCUT2D eigenvalue weighted by Gasteiger charge is 2.22.